The lowest BCUT2D eigenvalue weighted by atomic mass is 9.86. The molecule has 2 N–H and O–H groups in total. The maximum absolute atomic E-state index is 13.2. The van der Waals surface area contributed by atoms with E-state index in [1.807, 2.05) is 84.6 Å². The van der Waals surface area contributed by atoms with Gasteiger partial charge < -0.3 is 15.5 Å². The van der Waals surface area contributed by atoms with Crippen LogP contribution in [0.5, 0.6) is 0 Å². The summed E-state index contributed by atoms with van der Waals surface area (Å²) in [6, 6.07) is 33.5. The first-order chi connectivity index (χ1) is 23.1. The van der Waals surface area contributed by atoms with Gasteiger partial charge in [0.15, 0.2) is 0 Å². The van der Waals surface area contributed by atoms with Crippen molar-refractivity contribution in [2.45, 2.75) is 52.4 Å². The van der Waals surface area contributed by atoms with Gasteiger partial charge in [-0.25, -0.2) is 9.97 Å². The van der Waals surface area contributed by atoms with E-state index in [4.69, 9.17) is 4.98 Å². The first-order valence-electron chi connectivity index (χ1n) is 16.7. The number of piperidine rings is 1. The Labute approximate surface area is 283 Å². The Hall–Kier alpha value is -5.30. The Morgan fingerprint density at radius 1 is 0.812 bits per heavy atom. The first kappa shape index (κ1) is 32.6. The van der Waals surface area contributed by atoms with Crippen LogP contribution in [-0.2, 0) is 11.8 Å². The van der Waals surface area contributed by atoms with E-state index in [0.717, 1.165) is 60.5 Å². The molecule has 7 heteroatoms. The number of amides is 2. The van der Waals surface area contributed by atoms with Crippen molar-refractivity contribution < 1.29 is 9.59 Å². The molecule has 0 spiro atoms. The molecule has 244 valence electrons. The van der Waals surface area contributed by atoms with E-state index in [2.05, 4.69) is 66.7 Å². The number of carbonyl (C=O) groups is 2. The highest BCUT2D eigenvalue weighted by atomic mass is 16.2. The van der Waals surface area contributed by atoms with Crippen LogP contribution in [0.4, 0.5) is 17.3 Å². The number of carbonyl (C=O) groups excluding carboxylic acids is 2. The minimum atomic E-state index is -0.157. The fourth-order valence-electron chi connectivity index (χ4n) is 6.23. The highest BCUT2D eigenvalue weighted by Gasteiger charge is 2.24. The van der Waals surface area contributed by atoms with Crippen LogP contribution in [0, 0.1) is 12.8 Å². The molecule has 0 saturated carbocycles. The molecule has 0 aliphatic carbocycles. The molecule has 7 nitrogen and oxygen atoms in total. The smallest absolute Gasteiger partial charge is 0.255 e. The van der Waals surface area contributed by atoms with Crippen LogP contribution in [-0.4, -0.2) is 39.8 Å². The van der Waals surface area contributed by atoms with Crippen LogP contribution >= 0.6 is 0 Å². The molecular formula is C41H43N5O2. The SMILES string of the molecule is Cc1c(NC(=O)c2ccc(C(C)(C)C)cc2)cccc1-c1ccnc(Nc2ccc(C(=O)N3CCC(Cc4ccccc4)CC3)cc2)n1. The molecule has 0 radical (unpaired) electrons. The van der Waals surface area contributed by atoms with Crippen LogP contribution in [0.3, 0.4) is 0 Å². The molecule has 6 rings (SSSR count). The van der Waals surface area contributed by atoms with E-state index in [0.29, 0.717) is 23.0 Å². The number of benzene rings is 4. The zero-order valence-electron chi connectivity index (χ0n) is 28.2. The first-order valence-corrected chi connectivity index (χ1v) is 16.7. The van der Waals surface area contributed by atoms with Crippen molar-refractivity contribution in [1.29, 1.82) is 0 Å². The Balaban J connectivity index is 1.07. The van der Waals surface area contributed by atoms with Gasteiger partial charge in [0.25, 0.3) is 11.8 Å². The van der Waals surface area contributed by atoms with Gasteiger partial charge >= 0.3 is 0 Å². The molecule has 2 amide bonds. The van der Waals surface area contributed by atoms with E-state index < -0.39 is 0 Å². The normalized spacial score (nSPS) is 13.6. The maximum atomic E-state index is 13.2. The predicted molar refractivity (Wildman–Crippen MR) is 194 cm³/mol. The molecule has 1 aliphatic heterocycles. The third kappa shape index (κ3) is 7.80. The molecule has 0 unspecified atom stereocenters. The second-order valence-corrected chi connectivity index (χ2v) is 13.7. The van der Waals surface area contributed by atoms with Crippen molar-refractivity contribution in [3.05, 3.63) is 137 Å². The molecule has 4 aromatic carbocycles. The fraction of sp³-hybridized carbons (Fsp3) is 0.268. The number of hydrogen-bond acceptors (Lipinski definition) is 5. The highest BCUT2D eigenvalue weighted by Crippen LogP contribution is 2.29. The molecule has 48 heavy (non-hydrogen) atoms. The molecule has 1 aromatic heterocycles. The Morgan fingerprint density at radius 2 is 1.50 bits per heavy atom. The van der Waals surface area contributed by atoms with Gasteiger partial charge in [0, 0.05) is 47.4 Å². The quantitative estimate of drug-likeness (QED) is 0.178. The van der Waals surface area contributed by atoms with Crippen LogP contribution in [0.25, 0.3) is 11.3 Å². The van der Waals surface area contributed by atoms with Crippen LogP contribution in [0.1, 0.15) is 71.0 Å². The Kier molecular flexibility index (Phi) is 9.67. The lowest BCUT2D eigenvalue weighted by Crippen LogP contribution is -2.38. The monoisotopic (exact) mass is 637 g/mol. The minimum absolute atomic E-state index is 0.0223. The topological polar surface area (TPSA) is 87.2 Å². The lowest BCUT2D eigenvalue weighted by Gasteiger charge is -2.32. The van der Waals surface area contributed by atoms with Crippen molar-refractivity contribution in [2.24, 2.45) is 5.92 Å². The number of nitrogens with one attached hydrogen (secondary N) is 2. The molecule has 0 bridgehead atoms. The summed E-state index contributed by atoms with van der Waals surface area (Å²) in [6.45, 7) is 10.0. The Bertz CT molecular complexity index is 1870. The minimum Gasteiger partial charge on any atom is -0.339 e. The molecule has 0 atom stereocenters. The van der Waals surface area contributed by atoms with E-state index in [1.165, 1.54) is 11.1 Å². The number of nitrogens with zero attached hydrogens (tertiary/aromatic N) is 3. The van der Waals surface area contributed by atoms with Gasteiger partial charge in [-0.2, -0.15) is 0 Å². The van der Waals surface area contributed by atoms with Crippen LogP contribution in [0.15, 0.2) is 109 Å². The van der Waals surface area contributed by atoms with Gasteiger partial charge in [-0.3, -0.25) is 9.59 Å². The average Bonchev–Trinajstić information content (AvgIpc) is 3.10. The van der Waals surface area contributed by atoms with Crippen molar-refractivity contribution in [3.63, 3.8) is 0 Å². The molecule has 1 fully saturated rings. The third-order valence-electron chi connectivity index (χ3n) is 9.18. The number of hydrogen-bond donors (Lipinski definition) is 2. The largest absolute Gasteiger partial charge is 0.339 e. The average molecular weight is 638 g/mol. The van der Waals surface area contributed by atoms with Crippen molar-refractivity contribution in [3.8, 4) is 11.3 Å². The summed E-state index contributed by atoms with van der Waals surface area (Å²) in [5.41, 5.74) is 7.92. The Morgan fingerprint density at radius 3 is 2.19 bits per heavy atom. The molecule has 1 aliphatic rings. The summed E-state index contributed by atoms with van der Waals surface area (Å²) >= 11 is 0. The van der Waals surface area contributed by atoms with Crippen molar-refractivity contribution >= 4 is 29.1 Å². The zero-order chi connectivity index (χ0) is 33.7. The van der Waals surface area contributed by atoms with Gasteiger partial charge in [-0.05, 0) is 103 Å². The summed E-state index contributed by atoms with van der Waals surface area (Å²) in [5, 5.41) is 6.34. The van der Waals surface area contributed by atoms with Gasteiger partial charge in [-0.15, -0.1) is 0 Å². The lowest BCUT2D eigenvalue weighted by molar-refractivity contribution is 0.0690. The standard InChI is InChI=1S/C41H43N5O2/c1-28-35(11-8-12-36(28)44-38(47)31-13-17-33(18-14-31)41(2,3)4)37-21-24-42-40(45-37)43-34-19-15-32(16-20-34)39(48)46-25-22-30(23-26-46)27-29-9-6-5-7-10-29/h5-21,24,30H,22-23,25-27H2,1-4H3,(H,44,47)(H,42,43,45). The third-order valence-corrected chi connectivity index (χ3v) is 9.18. The van der Waals surface area contributed by atoms with Gasteiger partial charge in [-0.1, -0.05) is 75.4 Å². The summed E-state index contributed by atoms with van der Waals surface area (Å²) in [7, 11) is 0. The van der Waals surface area contributed by atoms with Crippen LogP contribution in [0.2, 0.25) is 0 Å². The van der Waals surface area contributed by atoms with E-state index in [1.54, 1.807) is 6.20 Å². The van der Waals surface area contributed by atoms with Gasteiger partial charge in [0.1, 0.15) is 0 Å². The van der Waals surface area contributed by atoms with E-state index in [9.17, 15) is 9.59 Å². The summed E-state index contributed by atoms with van der Waals surface area (Å²) < 4.78 is 0. The summed E-state index contributed by atoms with van der Waals surface area (Å²) in [6.07, 6.45) is 4.83. The maximum Gasteiger partial charge on any atom is 0.255 e. The number of aromatic nitrogens is 2. The number of likely N-dealkylation sites (tertiary alicyclic amines) is 1. The molecule has 2 heterocycles. The van der Waals surface area contributed by atoms with Crippen LogP contribution < -0.4 is 10.6 Å². The molecular weight excluding hydrogens is 594 g/mol. The van der Waals surface area contributed by atoms with Gasteiger partial charge in [0.2, 0.25) is 5.95 Å². The zero-order valence-corrected chi connectivity index (χ0v) is 28.2. The van der Waals surface area contributed by atoms with E-state index in [-0.39, 0.29) is 17.2 Å². The fourth-order valence-corrected chi connectivity index (χ4v) is 6.23. The highest BCUT2D eigenvalue weighted by molar-refractivity contribution is 6.05. The number of anilines is 3. The summed E-state index contributed by atoms with van der Waals surface area (Å²) in [5.74, 6) is 0.970. The second-order valence-electron chi connectivity index (χ2n) is 13.7. The molecule has 5 aromatic rings. The summed E-state index contributed by atoms with van der Waals surface area (Å²) in [4.78, 5) is 37.5. The van der Waals surface area contributed by atoms with E-state index >= 15 is 0 Å². The van der Waals surface area contributed by atoms with Gasteiger partial charge in [0.05, 0.1) is 5.69 Å². The second kappa shape index (κ2) is 14.2. The van der Waals surface area contributed by atoms with Crippen molar-refractivity contribution in [1.82, 2.24) is 14.9 Å². The number of rotatable bonds is 8. The molecule has 1 saturated heterocycles. The predicted octanol–water partition coefficient (Wildman–Crippen LogP) is 8.84. The van der Waals surface area contributed by atoms with Crippen molar-refractivity contribution in [2.75, 3.05) is 23.7 Å².